The molecule has 0 radical (unpaired) electrons. The summed E-state index contributed by atoms with van der Waals surface area (Å²) in [4.78, 5) is 27.6. The van der Waals surface area contributed by atoms with E-state index >= 15 is 0 Å². The summed E-state index contributed by atoms with van der Waals surface area (Å²) in [6.45, 7) is 3.44. The number of nitrogens with zero attached hydrogens (tertiary/aromatic N) is 2. The number of nitrogens with one attached hydrogen (secondary N) is 2. The number of hydrogen-bond donors (Lipinski definition) is 3. The van der Waals surface area contributed by atoms with Crippen molar-refractivity contribution in [3.8, 4) is 5.75 Å². The van der Waals surface area contributed by atoms with E-state index in [-0.39, 0.29) is 53.5 Å². The number of likely N-dealkylation sites (N-methyl/N-ethyl adjacent to an activating group) is 1. The molecular weight excluding hydrogens is 621 g/mol. The van der Waals surface area contributed by atoms with Crippen molar-refractivity contribution in [2.45, 2.75) is 42.8 Å². The van der Waals surface area contributed by atoms with Crippen LogP contribution in [-0.4, -0.2) is 73.6 Å². The third kappa shape index (κ3) is 7.88. The molecule has 3 aromatic rings. The molecule has 0 spiro atoms. The van der Waals surface area contributed by atoms with Crippen molar-refractivity contribution >= 4 is 44.7 Å². The number of carbonyl (C=O) groups excluding carboxylic acids is 2. The lowest BCUT2D eigenvalue weighted by atomic mass is 10.0. The Morgan fingerprint density at radius 1 is 1.16 bits per heavy atom. The Kier molecular flexibility index (Phi) is 10.2. The van der Waals surface area contributed by atoms with Gasteiger partial charge in [0.05, 0.1) is 31.2 Å². The van der Waals surface area contributed by atoms with E-state index in [4.69, 9.17) is 4.74 Å². The number of aliphatic hydroxyl groups excluding tert-OH is 1. The highest BCUT2D eigenvalue weighted by molar-refractivity contribution is 7.91. The second kappa shape index (κ2) is 13.5. The highest BCUT2D eigenvalue weighted by atomic mass is 32.2. The van der Waals surface area contributed by atoms with Crippen molar-refractivity contribution in [3.05, 3.63) is 71.1 Å². The SMILES string of the molecule is C[C@H](CO)N1C[C@H](C)[C@H](CN(C)S(=O)(=O)c2cccs2)Oc2ccc(NC(=O)Nc3ccc(C(F)(F)F)cc3)cc2CC1=O. The van der Waals surface area contributed by atoms with Gasteiger partial charge in [0.25, 0.3) is 10.0 Å². The van der Waals surface area contributed by atoms with Gasteiger partial charge in [-0.15, -0.1) is 11.3 Å². The van der Waals surface area contributed by atoms with E-state index in [1.807, 2.05) is 6.92 Å². The Morgan fingerprint density at radius 3 is 2.43 bits per heavy atom. The smallest absolute Gasteiger partial charge is 0.416 e. The Labute approximate surface area is 257 Å². The van der Waals surface area contributed by atoms with Gasteiger partial charge < -0.3 is 25.4 Å². The van der Waals surface area contributed by atoms with Crippen LogP contribution >= 0.6 is 11.3 Å². The summed E-state index contributed by atoms with van der Waals surface area (Å²) in [6, 6.07) is 10.5. The first-order valence-electron chi connectivity index (χ1n) is 13.6. The molecule has 0 aliphatic carbocycles. The second-order valence-electron chi connectivity index (χ2n) is 10.6. The number of anilines is 2. The van der Waals surface area contributed by atoms with Crippen LogP contribution in [0.1, 0.15) is 25.0 Å². The summed E-state index contributed by atoms with van der Waals surface area (Å²) in [7, 11) is -2.33. The second-order valence-corrected chi connectivity index (χ2v) is 13.8. The largest absolute Gasteiger partial charge is 0.488 e. The average molecular weight is 655 g/mol. The molecule has 1 aliphatic rings. The van der Waals surface area contributed by atoms with Crippen LogP contribution in [-0.2, 0) is 27.4 Å². The number of halogens is 3. The number of urea groups is 1. The molecule has 0 bridgehead atoms. The number of aliphatic hydroxyl groups is 1. The van der Waals surface area contributed by atoms with Gasteiger partial charge in [-0.1, -0.05) is 13.0 Å². The van der Waals surface area contributed by atoms with Gasteiger partial charge >= 0.3 is 12.2 Å². The fourth-order valence-corrected chi connectivity index (χ4v) is 7.06. The topological polar surface area (TPSA) is 128 Å². The van der Waals surface area contributed by atoms with Crippen molar-refractivity contribution < 1.29 is 41.0 Å². The predicted octanol–water partition coefficient (Wildman–Crippen LogP) is 4.88. The molecule has 3 N–H and O–H groups in total. The number of thiophene rings is 1. The molecule has 15 heteroatoms. The van der Waals surface area contributed by atoms with Gasteiger partial charge in [-0.3, -0.25) is 4.79 Å². The Bertz CT molecular complexity index is 1570. The standard InChI is InChI=1S/C29H33F3N4O6S2/c1-18-15-36(19(2)17-37)26(38)14-20-13-23(34-28(39)33-22-8-6-21(7-9-22)29(30,31)32)10-11-24(20)42-25(18)16-35(3)44(40,41)27-5-4-12-43-27/h4-13,18-19,25,37H,14-17H2,1-3H3,(H2,33,34,39)/t18-,19+,25-/m0/s1. The van der Waals surface area contributed by atoms with E-state index in [0.717, 1.165) is 35.6 Å². The average Bonchev–Trinajstić information content (AvgIpc) is 3.52. The van der Waals surface area contributed by atoms with Crippen LogP contribution in [0.3, 0.4) is 0 Å². The zero-order valence-corrected chi connectivity index (χ0v) is 25.8. The van der Waals surface area contributed by atoms with Gasteiger partial charge in [0.2, 0.25) is 5.91 Å². The van der Waals surface area contributed by atoms with Gasteiger partial charge in [-0.2, -0.15) is 17.5 Å². The number of ether oxygens (including phenoxy) is 1. The van der Waals surface area contributed by atoms with Crippen molar-refractivity contribution in [1.82, 2.24) is 9.21 Å². The van der Waals surface area contributed by atoms with Crippen LogP contribution < -0.4 is 15.4 Å². The maximum absolute atomic E-state index is 13.4. The van der Waals surface area contributed by atoms with Gasteiger partial charge in [0.1, 0.15) is 16.1 Å². The summed E-state index contributed by atoms with van der Waals surface area (Å²) in [5, 5.41) is 16.6. The number of alkyl halides is 3. The zero-order chi connectivity index (χ0) is 32.2. The summed E-state index contributed by atoms with van der Waals surface area (Å²) < 4.78 is 72.6. The van der Waals surface area contributed by atoms with Crippen LogP contribution in [0.4, 0.5) is 29.3 Å². The van der Waals surface area contributed by atoms with Gasteiger partial charge in [-0.25, -0.2) is 13.2 Å². The summed E-state index contributed by atoms with van der Waals surface area (Å²) >= 11 is 1.10. The molecule has 1 aliphatic heterocycles. The molecule has 1 aromatic heterocycles. The highest BCUT2D eigenvalue weighted by Gasteiger charge is 2.34. The van der Waals surface area contributed by atoms with Crippen LogP contribution in [0.5, 0.6) is 5.75 Å². The quantitative estimate of drug-likeness (QED) is 0.318. The first-order chi connectivity index (χ1) is 20.7. The Balaban J connectivity index is 1.58. The van der Waals surface area contributed by atoms with E-state index in [0.29, 0.717) is 11.3 Å². The van der Waals surface area contributed by atoms with Crippen LogP contribution in [0.15, 0.2) is 64.2 Å². The molecule has 0 unspecified atom stereocenters. The lowest BCUT2D eigenvalue weighted by molar-refractivity contribution is -0.137. The third-order valence-corrected chi connectivity index (χ3v) is 10.4. The van der Waals surface area contributed by atoms with Crippen molar-refractivity contribution in [1.29, 1.82) is 0 Å². The Hall–Kier alpha value is -3.66. The summed E-state index contributed by atoms with van der Waals surface area (Å²) in [5.74, 6) is -0.314. The fourth-order valence-electron chi connectivity index (χ4n) is 4.68. The van der Waals surface area contributed by atoms with E-state index in [1.54, 1.807) is 30.5 Å². The minimum atomic E-state index is -4.50. The van der Waals surface area contributed by atoms with Crippen molar-refractivity contribution in [2.24, 2.45) is 5.92 Å². The molecule has 3 atom stereocenters. The minimum absolute atomic E-state index is 0.0219. The van der Waals surface area contributed by atoms with E-state index in [9.17, 15) is 36.3 Å². The van der Waals surface area contributed by atoms with E-state index in [2.05, 4.69) is 10.6 Å². The van der Waals surface area contributed by atoms with Crippen LogP contribution in [0, 0.1) is 5.92 Å². The predicted molar refractivity (Wildman–Crippen MR) is 160 cm³/mol. The van der Waals surface area contributed by atoms with Crippen LogP contribution in [0.2, 0.25) is 0 Å². The number of carbonyl (C=O) groups is 2. The number of fused-ring (bicyclic) bond motifs is 1. The lowest BCUT2D eigenvalue weighted by Crippen LogP contribution is -2.48. The minimum Gasteiger partial charge on any atom is -0.488 e. The normalized spacial score (nSPS) is 18.5. The summed E-state index contributed by atoms with van der Waals surface area (Å²) in [6.07, 6.45) is -5.32. The monoisotopic (exact) mass is 654 g/mol. The van der Waals surface area contributed by atoms with E-state index < -0.39 is 39.9 Å². The number of amides is 3. The van der Waals surface area contributed by atoms with Gasteiger partial charge in [0.15, 0.2) is 0 Å². The molecular formula is C29H33F3N4O6S2. The first-order valence-corrected chi connectivity index (χ1v) is 16.0. The molecule has 0 saturated heterocycles. The molecule has 238 valence electrons. The van der Waals surface area contributed by atoms with E-state index in [1.165, 1.54) is 28.4 Å². The third-order valence-electron chi connectivity index (χ3n) is 7.24. The highest BCUT2D eigenvalue weighted by Crippen LogP contribution is 2.31. The number of sulfonamides is 1. The van der Waals surface area contributed by atoms with Crippen LogP contribution in [0.25, 0.3) is 0 Å². The Morgan fingerprint density at radius 2 is 1.82 bits per heavy atom. The van der Waals surface area contributed by atoms with Gasteiger partial charge in [-0.05, 0) is 60.8 Å². The summed E-state index contributed by atoms with van der Waals surface area (Å²) in [5.41, 5.74) is -0.00469. The van der Waals surface area contributed by atoms with Crippen molar-refractivity contribution in [3.63, 3.8) is 0 Å². The molecule has 44 heavy (non-hydrogen) atoms. The van der Waals surface area contributed by atoms with Crippen molar-refractivity contribution in [2.75, 3.05) is 37.4 Å². The molecule has 2 aromatic carbocycles. The molecule has 10 nitrogen and oxygen atoms in total. The molecule has 0 saturated carbocycles. The maximum Gasteiger partial charge on any atom is 0.416 e. The van der Waals surface area contributed by atoms with Gasteiger partial charge in [0, 0.05) is 36.4 Å². The lowest BCUT2D eigenvalue weighted by Gasteiger charge is -2.33. The molecule has 4 rings (SSSR count). The number of benzene rings is 2. The number of rotatable bonds is 8. The number of hydrogen-bond acceptors (Lipinski definition) is 7. The zero-order valence-electron chi connectivity index (χ0n) is 24.2. The molecule has 3 amide bonds. The molecule has 2 heterocycles. The molecule has 0 fully saturated rings. The maximum atomic E-state index is 13.4. The fraction of sp³-hybridized carbons (Fsp3) is 0.379. The first kappa shape index (κ1) is 33.2.